The highest BCUT2D eigenvalue weighted by atomic mass is 16.5. The second kappa shape index (κ2) is 11.7. The highest BCUT2D eigenvalue weighted by Crippen LogP contribution is 2.19. The normalized spacial score (nSPS) is 11.4. The number of benzene rings is 3. The van der Waals surface area contributed by atoms with Crippen LogP contribution in [0.25, 0.3) is 0 Å². The predicted octanol–water partition coefficient (Wildman–Crippen LogP) is 3.77. The van der Waals surface area contributed by atoms with Crippen LogP contribution in [0.1, 0.15) is 16.7 Å². The van der Waals surface area contributed by atoms with Gasteiger partial charge >= 0.3 is 0 Å². The maximum absolute atomic E-state index is 13.4. The van der Waals surface area contributed by atoms with Crippen LogP contribution in [-0.4, -0.2) is 43.5 Å². The van der Waals surface area contributed by atoms with Crippen molar-refractivity contribution in [2.45, 2.75) is 25.9 Å². The van der Waals surface area contributed by atoms with Crippen molar-refractivity contribution in [1.29, 1.82) is 0 Å². The molecule has 1 unspecified atom stereocenters. The van der Waals surface area contributed by atoms with Gasteiger partial charge in [-0.1, -0.05) is 54.6 Å². The van der Waals surface area contributed by atoms with E-state index in [2.05, 4.69) is 5.32 Å². The molecule has 0 bridgehead atoms. The van der Waals surface area contributed by atoms with E-state index in [1.165, 1.54) is 0 Å². The Morgan fingerprint density at radius 1 is 0.909 bits per heavy atom. The number of methoxy groups -OCH3 is 1. The molecule has 0 spiro atoms. The minimum atomic E-state index is -0.677. The molecule has 1 N–H and O–H groups in total. The van der Waals surface area contributed by atoms with Gasteiger partial charge in [-0.2, -0.15) is 0 Å². The number of amides is 2. The Hall–Kier alpha value is -3.80. The lowest BCUT2D eigenvalue weighted by atomic mass is 10.0. The van der Waals surface area contributed by atoms with Crippen molar-refractivity contribution in [3.8, 4) is 11.5 Å². The SMILES string of the molecule is CNC(=O)C(Cc1ccccc1)N(Cc1ccccc1C)C(=O)COc1ccc(OC)cc1. The summed E-state index contributed by atoms with van der Waals surface area (Å²) in [5, 5.41) is 2.72. The van der Waals surface area contributed by atoms with Gasteiger partial charge in [-0.25, -0.2) is 0 Å². The molecule has 0 radical (unpaired) electrons. The first kappa shape index (κ1) is 23.9. The van der Waals surface area contributed by atoms with Crippen molar-refractivity contribution in [3.05, 3.63) is 95.6 Å². The molecule has 0 aliphatic heterocycles. The van der Waals surface area contributed by atoms with E-state index in [9.17, 15) is 9.59 Å². The zero-order valence-electron chi connectivity index (χ0n) is 19.3. The number of nitrogens with one attached hydrogen (secondary N) is 1. The molecule has 0 aromatic heterocycles. The minimum absolute atomic E-state index is 0.180. The van der Waals surface area contributed by atoms with Gasteiger partial charge in [-0.05, 0) is 47.9 Å². The van der Waals surface area contributed by atoms with E-state index in [1.54, 1.807) is 43.3 Å². The lowest BCUT2D eigenvalue weighted by Crippen LogP contribution is -2.51. The van der Waals surface area contributed by atoms with Gasteiger partial charge in [0.05, 0.1) is 7.11 Å². The largest absolute Gasteiger partial charge is 0.497 e. The van der Waals surface area contributed by atoms with Crippen molar-refractivity contribution in [2.24, 2.45) is 0 Å². The maximum atomic E-state index is 13.4. The number of aryl methyl sites for hydroxylation is 1. The van der Waals surface area contributed by atoms with Crippen LogP contribution in [0.15, 0.2) is 78.9 Å². The summed E-state index contributed by atoms with van der Waals surface area (Å²) in [5.74, 6) is 0.778. The van der Waals surface area contributed by atoms with Gasteiger partial charge in [0.2, 0.25) is 5.91 Å². The van der Waals surface area contributed by atoms with E-state index in [1.807, 2.05) is 61.5 Å². The highest BCUT2D eigenvalue weighted by Gasteiger charge is 2.30. The molecule has 0 saturated carbocycles. The Balaban J connectivity index is 1.86. The number of ether oxygens (including phenoxy) is 2. The molecular formula is C27H30N2O4. The fourth-order valence-electron chi connectivity index (χ4n) is 3.59. The molecule has 0 fully saturated rings. The average molecular weight is 447 g/mol. The maximum Gasteiger partial charge on any atom is 0.261 e. The van der Waals surface area contributed by atoms with Gasteiger partial charge in [0.1, 0.15) is 17.5 Å². The summed E-state index contributed by atoms with van der Waals surface area (Å²) in [7, 11) is 3.18. The molecule has 3 rings (SSSR count). The van der Waals surface area contributed by atoms with Crippen LogP contribution in [0.4, 0.5) is 0 Å². The quantitative estimate of drug-likeness (QED) is 0.515. The number of carbonyl (C=O) groups is 2. The second-order valence-electron chi connectivity index (χ2n) is 7.73. The van der Waals surface area contributed by atoms with Crippen molar-refractivity contribution in [3.63, 3.8) is 0 Å². The van der Waals surface area contributed by atoms with Crippen LogP contribution < -0.4 is 14.8 Å². The predicted molar refractivity (Wildman–Crippen MR) is 128 cm³/mol. The first-order chi connectivity index (χ1) is 16.0. The van der Waals surface area contributed by atoms with E-state index in [4.69, 9.17) is 9.47 Å². The number of hydrogen-bond acceptors (Lipinski definition) is 4. The lowest BCUT2D eigenvalue weighted by molar-refractivity contribution is -0.142. The number of nitrogens with zero attached hydrogens (tertiary/aromatic N) is 1. The standard InChI is InChI=1S/C27H30N2O4/c1-20-9-7-8-12-22(20)18-29(25(27(31)28-2)17-21-10-5-4-6-11-21)26(30)19-33-24-15-13-23(32-3)14-16-24/h4-16,25H,17-19H2,1-3H3,(H,28,31). The monoisotopic (exact) mass is 446 g/mol. The third-order valence-electron chi connectivity index (χ3n) is 5.54. The number of carbonyl (C=O) groups excluding carboxylic acids is 2. The molecule has 6 nitrogen and oxygen atoms in total. The van der Waals surface area contributed by atoms with Crippen LogP contribution >= 0.6 is 0 Å². The van der Waals surface area contributed by atoms with Gasteiger partial charge in [0.15, 0.2) is 6.61 Å². The summed E-state index contributed by atoms with van der Waals surface area (Å²) in [6.45, 7) is 2.13. The number of likely N-dealkylation sites (N-methyl/N-ethyl adjacent to an activating group) is 1. The third-order valence-corrected chi connectivity index (χ3v) is 5.54. The first-order valence-corrected chi connectivity index (χ1v) is 10.9. The molecule has 0 saturated heterocycles. The Morgan fingerprint density at radius 3 is 2.18 bits per heavy atom. The minimum Gasteiger partial charge on any atom is -0.497 e. The third kappa shape index (κ3) is 6.59. The van der Waals surface area contributed by atoms with Gasteiger partial charge < -0.3 is 19.7 Å². The summed E-state index contributed by atoms with van der Waals surface area (Å²) in [5.41, 5.74) is 3.02. The fourth-order valence-corrected chi connectivity index (χ4v) is 3.59. The van der Waals surface area contributed by atoms with Crippen LogP contribution in [0.3, 0.4) is 0 Å². The van der Waals surface area contributed by atoms with Crippen LogP contribution in [0, 0.1) is 6.92 Å². The Kier molecular flexibility index (Phi) is 8.47. The van der Waals surface area contributed by atoms with Gasteiger partial charge in [-0.15, -0.1) is 0 Å². The van der Waals surface area contributed by atoms with Gasteiger partial charge in [-0.3, -0.25) is 9.59 Å². The molecule has 172 valence electrons. The van der Waals surface area contributed by atoms with E-state index >= 15 is 0 Å². The Labute approximate surface area is 195 Å². The fraction of sp³-hybridized carbons (Fsp3) is 0.259. The van der Waals surface area contributed by atoms with E-state index in [-0.39, 0.29) is 18.4 Å². The van der Waals surface area contributed by atoms with Crippen molar-refractivity contribution < 1.29 is 19.1 Å². The summed E-state index contributed by atoms with van der Waals surface area (Å²) < 4.78 is 10.9. The van der Waals surface area contributed by atoms with E-state index < -0.39 is 6.04 Å². The molecule has 33 heavy (non-hydrogen) atoms. The topological polar surface area (TPSA) is 67.9 Å². The van der Waals surface area contributed by atoms with Gasteiger partial charge in [0, 0.05) is 20.0 Å². The van der Waals surface area contributed by atoms with E-state index in [0.29, 0.717) is 24.5 Å². The molecule has 1 atom stereocenters. The smallest absolute Gasteiger partial charge is 0.261 e. The van der Waals surface area contributed by atoms with Crippen LogP contribution in [-0.2, 0) is 22.6 Å². The molecule has 3 aromatic rings. The van der Waals surface area contributed by atoms with E-state index in [0.717, 1.165) is 16.7 Å². The Bertz CT molecular complexity index is 1050. The number of hydrogen-bond donors (Lipinski definition) is 1. The molecular weight excluding hydrogens is 416 g/mol. The summed E-state index contributed by atoms with van der Waals surface area (Å²) >= 11 is 0. The van der Waals surface area contributed by atoms with Gasteiger partial charge in [0.25, 0.3) is 5.91 Å². The Morgan fingerprint density at radius 2 is 1.55 bits per heavy atom. The molecule has 3 aromatic carbocycles. The molecule has 0 aliphatic rings. The molecule has 2 amide bonds. The van der Waals surface area contributed by atoms with Crippen LogP contribution in [0.2, 0.25) is 0 Å². The highest BCUT2D eigenvalue weighted by molar-refractivity contribution is 5.88. The summed E-state index contributed by atoms with van der Waals surface area (Å²) in [6, 6.07) is 23.9. The zero-order chi connectivity index (χ0) is 23.6. The molecule has 0 aliphatic carbocycles. The molecule has 0 heterocycles. The van der Waals surface area contributed by atoms with Crippen molar-refractivity contribution in [1.82, 2.24) is 10.2 Å². The lowest BCUT2D eigenvalue weighted by Gasteiger charge is -2.31. The molecule has 6 heteroatoms. The summed E-state index contributed by atoms with van der Waals surface area (Å²) in [6.07, 6.45) is 0.403. The van der Waals surface area contributed by atoms with Crippen molar-refractivity contribution >= 4 is 11.8 Å². The second-order valence-corrected chi connectivity index (χ2v) is 7.73. The zero-order valence-corrected chi connectivity index (χ0v) is 19.3. The summed E-state index contributed by atoms with van der Waals surface area (Å²) in [4.78, 5) is 27.9. The number of rotatable bonds is 10. The van der Waals surface area contributed by atoms with Crippen LogP contribution in [0.5, 0.6) is 11.5 Å². The van der Waals surface area contributed by atoms with Crippen molar-refractivity contribution in [2.75, 3.05) is 20.8 Å². The first-order valence-electron chi connectivity index (χ1n) is 10.9. The average Bonchev–Trinajstić information content (AvgIpc) is 2.86.